The molecule has 7 nitrogen and oxygen atoms in total. The SMILES string of the molecule is CC(O)C(NS(=O)(=O)c1ccc2c(c1)CCO2)C(=O)O. The number of carboxylic acids is 1. The smallest absolute Gasteiger partial charge is 0.324 e. The van der Waals surface area contributed by atoms with Crippen molar-refractivity contribution in [2.45, 2.75) is 30.4 Å². The van der Waals surface area contributed by atoms with E-state index in [9.17, 15) is 18.3 Å². The summed E-state index contributed by atoms with van der Waals surface area (Å²) in [4.78, 5) is 10.9. The average molecular weight is 301 g/mol. The van der Waals surface area contributed by atoms with Crippen molar-refractivity contribution in [3.63, 3.8) is 0 Å². The Kier molecular flexibility index (Phi) is 3.98. The summed E-state index contributed by atoms with van der Waals surface area (Å²) in [6.07, 6.45) is -0.739. The molecule has 2 rings (SSSR count). The summed E-state index contributed by atoms with van der Waals surface area (Å²) in [5.74, 6) is -0.803. The van der Waals surface area contributed by atoms with Gasteiger partial charge < -0.3 is 14.9 Å². The third kappa shape index (κ3) is 2.92. The minimum absolute atomic E-state index is 0.0475. The Balaban J connectivity index is 2.28. The van der Waals surface area contributed by atoms with Gasteiger partial charge in [-0.15, -0.1) is 0 Å². The van der Waals surface area contributed by atoms with E-state index in [1.165, 1.54) is 25.1 Å². The molecule has 20 heavy (non-hydrogen) atoms. The second kappa shape index (κ2) is 5.39. The van der Waals surface area contributed by atoms with Gasteiger partial charge in [0.05, 0.1) is 17.6 Å². The number of carbonyl (C=O) groups is 1. The van der Waals surface area contributed by atoms with Crippen LogP contribution in [-0.4, -0.2) is 43.4 Å². The summed E-state index contributed by atoms with van der Waals surface area (Å²) in [6, 6.07) is 2.73. The number of carboxylic acid groups (broad SMARTS) is 1. The van der Waals surface area contributed by atoms with Crippen LogP contribution in [0.5, 0.6) is 5.75 Å². The van der Waals surface area contributed by atoms with Gasteiger partial charge in [0.1, 0.15) is 11.8 Å². The molecule has 0 amide bonds. The normalized spacial score (nSPS) is 17.1. The largest absolute Gasteiger partial charge is 0.493 e. The fourth-order valence-corrected chi connectivity index (χ4v) is 3.23. The molecule has 1 aromatic carbocycles. The quantitative estimate of drug-likeness (QED) is 0.690. The third-order valence-corrected chi connectivity index (χ3v) is 4.44. The van der Waals surface area contributed by atoms with Crippen molar-refractivity contribution >= 4 is 16.0 Å². The van der Waals surface area contributed by atoms with Crippen LogP contribution in [0.4, 0.5) is 0 Å². The first kappa shape index (κ1) is 14.8. The molecule has 110 valence electrons. The number of aliphatic hydroxyl groups excluding tert-OH is 1. The Morgan fingerprint density at radius 2 is 2.15 bits per heavy atom. The Hall–Kier alpha value is -1.64. The molecular weight excluding hydrogens is 286 g/mol. The molecule has 3 N–H and O–H groups in total. The van der Waals surface area contributed by atoms with Crippen LogP contribution in [0.3, 0.4) is 0 Å². The number of ether oxygens (including phenoxy) is 1. The highest BCUT2D eigenvalue weighted by Crippen LogP contribution is 2.27. The molecule has 0 aromatic heterocycles. The minimum atomic E-state index is -4.02. The van der Waals surface area contributed by atoms with E-state index in [1.807, 2.05) is 4.72 Å². The second-order valence-electron chi connectivity index (χ2n) is 4.55. The van der Waals surface area contributed by atoms with Crippen LogP contribution in [0.25, 0.3) is 0 Å². The zero-order chi connectivity index (χ0) is 14.9. The molecule has 1 aliphatic heterocycles. The summed E-state index contributed by atoms with van der Waals surface area (Å²) in [6.45, 7) is 1.70. The number of hydrogen-bond donors (Lipinski definition) is 3. The Bertz CT molecular complexity index is 625. The molecule has 0 bridgehead atoms. The monoisotopic (exact) mass is 301 g/mol. The van der Waals surface area contributed by atoms with Gasteiger partial charge in [-0.25, -0.2) is 8.42 Å². The fourth-order valence-electron chi connectivity index (χ4n) is 1.92. The van der Waals surface area contributed by atoms with Gasteiger partial charge in [-0.2, -0.15) is 4.72 Å². The minimum Gasteiger partial charge on any atom is -0.493 e. The molecule has 1 aromatic rings. The number of benzene rings is 1. The van der Waals surface area contributed by atoms with Crippen molar-refractivity contribution in [1.29, 1.82) is 0 Å². The van der Waals surface area contributed by atoms with Crippen LogP contribution in [0.2, 0.25) is 0 Å². The number of nitrogens with one attached hydrogen (secondary N) is 1. The van der Waals surface area contributed by atoms with Crippen molar-refractivity contribution in [3.05, 3.63) is 23.8 Å². The summed E-state index contributed by atoms with van der Waals surface area (Å²) >= 11 is 0. The molecule has 0 radical (unpaired) electrons. The van der Waals surface area contributed by atoms with Crippen LogP contribution in [0, 0.1) is 0 Å². The first-order valence-electron chi connectivity index (χ1n) is 6.00. The number of sulfonamides is 1. The highest BCUT2D eigenvalue weighted by atomic mass is 32.2. The van der Waals surface area contributed by atoms with Crippen molar-refractivity contribution in [1.82, 2.24) is 4.72 Å². The molecule has 0 spiro atoms. The summed E-state index contributed by atoms with van der Waals surface area (Å²) in [5.41, 5.74) is 0.761. The van der Waals surface area contributed by atoms with E-state index >= 15 is 0 Å². The van der Waals surface area contributed by atoms with Gasteiger partial charge in [0.25, 0.3) is 0 Å². The summed E-state index contributed by atoms with van der Waals surface area (Å²) in [5, 5.41) is 18.2. The third-order valence-electron chi connectivity index (χ3n) is 3.00. The van der Waals surface area contributed by atoms with Crippen LogP contribution in [0.1, 0.15) is 12.5 Å². The van der Waals surface area contributed by atoms with Gasteiger partial charge in [0.2, 0.25) is 10.0 Å². The molecule has 0 aliphatic carbocycles. The van der Waals surface area contributed by atoms with Gasteiger partial charge in [0, 0.05) is 6.42 Å². The molecule has 0 saturated carbocycles. The number of rotatable bonds is 5. The van der Waals surface area contributed by atoms with Crippen molar-refractivity contribution in [3.8, 4) is 5.75 Å². The lowest BCUT2D eigenvalue weighted by atomic mass is 10.2. The van der Waals surface area contributed by atoms with Crippen molar-refractivity contribution in [2.75, 3.05) is 6.61 Å². The lowest BCUT2D eigenvalue weighted by Gasteiger charge is -2.17. The van der Waals surface area contributed by atoms with E-state index in [4.69, 9.17) is 9.84 Å². The Labute approximate surface area is 116 Å². The summed E-state index contributed by atoms with van der Waals surface area (Å²) in [7, 11) is -4.02. The number of aliphatic hydroxyl groups is 1. The van der Waals surface area contributed by atoms with Crippen molar-refractivity contribution in [2.24, 2.45) is 0 Å². The Morgan fingerprint density at radius 1 is 1.45 bits per heavy atom. The maximum Gasteiger partial charge on any atom is 0.324 e. The van der Waals surface area contributed by atoms with Crippen LogP contribution < -0.4 is 9.46 Å². The van der Waals surface area contributed by atoms with E-state index < -0.39 is 28.1 Å². The lowest BCUT2D eigenvalue weighted by Crippen LogP contribution is -2.47. The standard InChI is InChI=1S/C12H15NO6S/c1-7(14)11(12(15)16)13-20(17,18)9-2-3-10-8(6-9)4-5-19-10/h2-3,6-7,11,13-14H,4-5H2,1H3,(H,15,16). The molecule has 0 saturated heterocycles. The first-order chi connectivity index (χ1) is 9.31. The maximum atomic E-state index is 12.1. The predicted molar refractivity (Wildman–Crippen MR) is 69.1 cm³/mol. The topological polar surface area (TPSA) is 113 Å². The molecule has 8 heteroatoms. The van der Waals surface area contributed by atoms with Gasteiger partial charge in [-0.05, 0) is 30.7 Å². The van der Waals surface area contributed by atoms with Crippen molar-refractivity contribution < 1.29 is 28.2 Å². The fraction of sp³-hybridized carbons (Fsp3) is 0.417. The van der Waals surface area contributed by atoms with Crippen LogP contribution >= 0.6 is 0 Å². The molecule has 1 heterocycles. The van der Waals surface area contributed by atoms with E-state index in [1.54, 1.807) is 0 Å². The van der Waals surface area contributed by atoms with Gasteiger partial charge >= 0.3 is 5.97 Å². The summed E-state index contributed by atoms with van der Waals surface area (Å²) < 4.78 is 31.5. The highest BCUT2D eigenvalue weighted by molar-refractivity contribution is 7.89. The van der Waals surface area contributed by atoms with Crippen LogP contribution in [-0.2, 0) is 21.2 Å². The van der Waals surface area contributed by atoms with E-state index in [-0.39, 0.29) is 4.90 Å². The molecular formula is C12H15NO6S. The van der Waals surface area contributed by atoms with E-state index in [0.717, 1.165) is 5.56 Å². The zero-order valence-electron chi connectivity index (χ0n) is 10.7. The number of hydrogen-bond acceptors (Lipinski definition) is 5. The number of fused-ring (bicyclic) bond motifs is 1. The second-order valence-corrected chi connectivity index (χ2v) is 6.26. The molecule has 2 atom stereocenters. The first-order valence-corrected chi connectivity index (χ1v) is 7.48. The predicted octanol–water partition coefficient (Wildman–Crippen LogP) is -0.266. The average Bonchev–Trinajstić information content (AvgIpc) is 2.82. The zero-order valence-corrected chi connectivity index (χ0v) is 11.6. The van der Waals surface area contributed by atoms with Gasteiger partial charge in [-0.3, -0.25) is 4.79 Å². The molecule has 1 aliphatic rings. The maximum absolute atomic E-state index is 12.1. The van der Waals surface area contributed by atoms with Crippen LogP contribution in [0.15, 0.2) is 23.1 Å². The molecule has 2 unspecified atom stereocenters. The Morgan fingerprint density at radius 3 is 2.75 bits per heavy atom. The van der Waals surface area contributed by atoms with E-state index in [2.05, 4.69) is 0 Å². The molecule has 0 fully saturated rings. The van der Waals surface area contributed by atoms with Gasteiger partial charge in [-0.1, -0.05) is 0 Å². The van der Waals surface area contributed by atoms with E-state index in [0.29, 0.717) is 18.8 Å². The van der Waals surface area contributed by atoms with Gasteiger partial charge in [0.15, 0.2) is 0 Å². The number of aliphatic carboxylic acids is 1. The highest BCUT2D eigenvalue weighted by Gasteiger charge is 2.29. The lowest BCUT2D eigenvalue weighted by molar-refractivity contribution is -0.141.